The number of benzene rings is 1. The van der Waals surface area contributed by atoms with Crippen LogP contribution in [-0.4, -0.2) is 37.7 Å². The molecular weight excluding hydrogens is 346 g/mol. The molecule has 0 unspecified atom stereocenters. The highest BCUT2D eigenvalue weighted by Crippen LogP contribution is 2.36. The van der Waals surface area contributed by atoms with Crippen LogP contribution in [0.1, 0.15) is 32.3 Å². The zero-order chi connectivity index (χ0) is 18.4. The molecule has 1 N–H and O–H groups in total. The first-order valence-electron chi connectivity index (χ1n) is 8.14. The Hall–Kier alpha value is -2.21. The number of rotatable bonds is 8. The van der Waals surface area contributed by atoms with Gasteiger partial charge in [-0.1, -0.05) is 11.6 Å². The summed E-state index contributed by atoms with van der Waals surface area (Å²) >= 11 is 6.18. The summed E-state index contributed by atoms with van der Waals surface area (Å²) in [5, 5.41) is 3.17. The average Bonchev–Trinajstić information content (AvgIpc) is 3.38. The molecule has 6 nitrogen and oxygen atoms in total. The van der Waals surface area contributed by atoms with Gasteiger partial charge in [0.25, 0.3) is 5.91 Å². The maximum absolute atomic E-state index is 11.9. The Labute approximate surface area is 152 Å². The van der Waals surface area contributed by atoms with Gasteiger partial charge in [0.15, 0.2) is 17.6 Å². The third-order valence-electron chi connectivity index (χ3n) is 3.54. The number of halogens is 1. The van der Waals surface area contributed by atoms with Crippen molar-refractivity contribution in [3.63, 3.8) is 0 Å². The number of nitrogens with one attached hydrogen (secondary N) is 1. The lowest BCUT2D eigenvalue weighted by molar-refractivity contribution is -0.150. The smallest absolute Gasteiger partial charge is 0.331 e. The number of methoxy groups -OCH3 is 1. The summed E-state index contributed by atoms with van der Waals surface area (Å²) in [4.78, 5) is 23.6. The summed E-state index contributed by atoms with van der Waals surface area (Å²) in [6.45, 7) is 3.85. The lowest BCUT2D eigenvalue weighted by Gasteiger charge is -2.12. The molecule has 1 aromatic rings. The molecule has 0 bridgehead atoms. The minimum atomic E-state index is -0.837. The van der Waals surface area contributed by atoms with Crippen molar-refractivity contribution in [1.29, 1.82) is 0 Å². The molecule has 2 rings (SSSR count). The Balaban J connectivity index is 1.98. The van der Waals surface area contributed by atoms with Crippen molar-refractivity contribution < 1.29 is 23.8 Å². The molecule has 1 saturated carbocycles. The number of hydrogen-bond acceptors (Lipinski definition) is 5. The lowest BCUT2D eigenvalue weighted by Crippen LogP contribution is -2.36. The average molecular weight is 368 g/mol. The summed E-state index contributed by atoms with van der Waals surface area (Å²) in [5.41, 5.74) is 0.650. The van der Waals surface area contributed by atoms with E-state index in [4.69, 9.17) is 25.8 Å². The summed E-state index contributed by atoms with van der Waals surface area (Å²) < 4.78 is 15.8. The molecule has 0 saturated heterocycles. The minimum absolute atomic E-state index is 0.225. The Morgan fingerprint density at radius 2 is 2.12 bits per heavy atom. The topological polar surface area (TPSA) is 73.9 Å². The highest BCUT2D eigenvalue weighted by molar-refractivity contribution is 6.32. The van der Waals surface area contributed by atoms with Crippen LogP contribution in [0.2, 0.25) is 5.02 Å². The molecule has 1 aromatic carbocycles. The monoisotopic (exact) mass is 367 g/mol. The summed E-state index contributed by atoms with van der Waals surface area (Å²) in [6.07, 6.45) is 3.90. The third kappa shape index (κ3) is 5.67. The van der Waals surface area contributed by atoms with E-state index in [0.717, 1.165) is 12.8 Å². The number of carbonyl (C=O) groups is 2. The quantitative estimate of drug-likeness (QED) is 0.564. The van der Waals surface area contributed by atoms with E-state index in [-0.39, 0.29) is 11.9 Å². The molecule has 1 atom stereocenters. The number of amides is 1. The van der Waals surface area contributed by atoms with Gasteiger partial charge in [0.2, 0.25) is 0 Å². The molecule has 25 heavy (non-hydrogen) atoms. The van der Waals surface area contributed by atoms with Gasteiger partial charge >= 0.3 is 5.97 Å². The van der Waals surface area contributed by atoms with E-state index in [0.29, 0.717) is 28.7 Å². The first kappa shape index (κ1) is 19.1. The van der Waals surface area contributed by atoms with Crippen molar-refractivity contribution >= 4 is 29.6 Å². The van der Waals surface area contributed by atoms with Gasteiger partial charge in [-0.15, -0.1) is 0 Å². The molecular formula is C18H22ClNO5. The molecule has 0 aliphatic heterocycles. The second-order valence-electron chi connectivity index (χ2n) is 5.66. The molecule has 1 fully saturated rings. The molecule has 0 heterocycles. The Morgan fingerprint density at radius 3 is 2.72 bits per heavy atom. The zero-order valence-electron chi connectivity index (χ0n) is 14.5. The highest BCUT2D eigenvalue weighted by atomic mass is 35.5. The number of ether oxygens (including phenoxy) is 3. The van der Waals surface area contributed by atoms with Crippen LogP contribution in [0.15, 0.2) is 18.2 Å². The lowest BCUT2D eigenvalue weighted by atomic mass is 10.2. The normalized spacial score (nSPS) is 14.9. The number of esters is 1. The van der Waals surface area contributed by atoms with Crippen molar-refractivity contribution in [2.24, 2.45) is 0 Å². The predicted octanol–water partition coefficient (Wildman–Crippen LogP) is 2.97. The summed E-state index contributed by atoms with van der Waals surface area (Å²) in [6, 6.07) is 3.58. The van der Waals surface area contributed by atoms with E-state index in [1.54, 1.807) is 19.1 Å². The van der Waals surface area contributed by atoms with E-state index >= 15 is 0 Å². The van der Waals surface area contributed by atoms with Crippen LogP contribution in [0.4, 0.5) is 0 Å². The molecule has 0 aromatic heterocycles. The largest absolute Gasteiger partial charge is 0.493 e. The molecule has 7 heteroatoms. The van der Waals surface area contributed by atoms with Gasteiger partial charge in [0, 0.05) is 12.1 Å². The van der Waals surface area contributed by atoms with Gasteiger partial charge < -0.3 is 19.5 Å². The van der Waals surface area contributed by atoms with Gasteiger partial charge in [0.05, 0.1) is 18.7 Å². The van der Waals surface area contributed by atoms with E-state index in [1.165, 1.54) is 19.3 Å². The highest BCUT2D eigenvalue weighted by Gasteiger charge is 2.26. The van der Waals surface area contributed by atoms with Gasteiger partial charge in [-0.3, -0.25) is 4.79 Å². The maximum Gasteiger partial charge on any atom is 0.331 e. The first-order chi connectivity index (χ1) is 11.9. The Morgan fingerprint density at radius 1 is 1.40 bits per heavy atom. The van der Waals surface area contributed by atoms with Crippen molar-refractivity contribution in [2.75, 3.05) is 13.7 Å². The van der Waals surface area contributed by atoms with Gasteiger partial charge in [-0.2, -0.15) is 0 Å². The second kappa shape index (κ2) is 8.76. The van der Waals surface area contributed by atoms with Crippen LogP contribution in [0.25, 0.3) is 6.08 Å². The molecule has 0 spiro atoms. The van der Waals surface area contributed by atoms with Gasteiger partial charge in [0.1, 0.15) is 0 Å². The fourth-order valence-electron chi connectivity index (χ4n) is 2.10. The van der Waals surface area contributed by atoms with E-state index in [9.17, 15) is 9.59 Å². The first-order valence-corrected chi connectivity index (χ1v) is 8.51. The molecule has 0 radical (unpaired) electrons. The van der Waals surface area contributed by atoms with Crippen molar-refractivity contribution in [3.8, 4) is 11.5 Å². The fourth-order valence-corrected chi connectivity index (χ4v) is 2.37. The molecule has 1 amide bonds. The van der Waals surface area contributed by atoms with Gasteiger partial charge in [-0.05, 0) is 50.5 Å². The van der Waals surface area contributed by atoms with E-state index in [2.05, 4.69) is 5.32 Å². The fraction of sp³-hybridized carbons (Fsp3) is 0.444. The van der Waals surface area contributed by atoms with E-state index in [1.807, 2.05) is 6.92 Å². The van der Waals surface area contributed by atoms with Crippen molar-refractivity contribution in [3.05, 3.63) is 28.8 Å². The summed E-state index contributed by atoms with van der Waals surface area (Å²) in [7, 11) is 1.51. The SMILES string of the molecule is CCOc1c(Cl)cc(/C=C/C(=O)O[C@@H](C)C(=O)NC2CC2)cc1OC. The van der Waals surface area contributed by atoms with Gasteiger partial charge in [-0.25, -0.2) is 4.79 Å². The van der Waals surface area contributed by atoms with Crippen LogP contribution in [0.5, 0.6) is 11.5 Å². The third-order valence-corrected chi connectivity index (χ3v) is 3.82. The van der Waals surface area contributed by atoms with Crippen molar-refractivity contribution in [2.45, 2.75) is 38.8 Å². The number of hydrogen-bond donors (Lipinski definition) is 1. The van der Waals surface area contributed by atoms with Crippen LogP contribution in [0, 0.1) is 0 Å². The standard InChI is InChI=1S/C18H22ClNO5/c1-4-24-17-14(19)9-12(10-15(17)23-3)5-8-16(21)25-11(2)18(22)20-13-6-7-13/h5,8-11,13H,4,6-7H2,1-3H3,(H,20,22)/b8-5+/t11-/m0/s1. The maximum atomic E-state index is 11.9. The minimum Gasteiger partial charge on any atom is -0.493 e. The predicted molar refractivity (Wildman–Crippen MR) is 94.9 cm³/mol. The zero-order valence-corrected chi connectivity index (χ0v) is 15.3. The van der Waals surface area contributed by atoms with Crippen LogP contribution < -0.4 is 14.8 Å². The Kier molecular flexibility index (Phi) is 6.70. The second-order valence-corrected chi connectivity index (χ2v) is 6.07. The number of carbonyl (C=O) groups excluding carboxylic acids is 2. The molecule has 1 aliphatic rings. The van der Waals surface area contributed by atoms with E-state index < -0.39 is 12.1 Å². The molecule has 1 aliphatic carbocycles. The van der Waals surface area contributed by atoms with Crippen molar-refractivity contribution in [1.82, 2.24) is 5.32 Å². The van der Waals surface area contributed by atoms with Crippen LogP contribution in [0.3, 0.4) is 0 Å². The van der Waals surface area contributed by atoms with Crippen LogP contribution in [-0.2, 0) is 14.3 Å². The Bertz CT molecular complexity index is 670. The molecule has 136 valence electrons. The van der Waals surface area contributed by atoms with Crippen LogP contribution >= 0.6 is 11.6 Å². The summed E-state index contributed by atoms with van der Waals surface area (Å²) in [5.74, 6) is 0.0359.